The molecule has 1 aromatic rings. The van der Waals surface area contributed by atoms with Crippen LogP contribution in [0.15, 0.2) is 18.2 Å². The van der Waals surface area contributed by atoms with Crippen LogP contribution in [-0.2, 0) is 10.6 Å². The van der Waals surface area contributed by atoms with Crippen LogP contribution in [0.5, 0.6) is 11.5 Å². The summed E-state index contributed by atoms with van der Waals surface area (Å²) in [7, 11) is 1.63. The zero-order valence-electron chi connectivity index (χ0n) is 9.95. The van der Waals surface area contributed by atoms with E-state index in [0.717, 1.165) is 36.5 Å². The second-order valence-electron chi connectivity index (χ2n) is 4.03. The standard InChI is InChI=1S/C13H17ClO3/c1-15-12-6-2-4-10(8-14)13(12)17-9-11-5-3-7-16-11/h2,4,6,11H,3,5,7-9H2,1H3. The maximum Gasteiger partial charge on any atom is 0.165 e. The molecule has 1 unspecified atom stereocenters. The summed E-state index contributed by atoms with van der Waals surface area (Å²) < 4.78 is 16.6. The number of para-hydroxylation sites is 1. The van der Waals surface area contributed by atoms with Crippen molar-refractivity contribution in [1.82, 2.24) is 0 Å². The topological polar surface area (TPSA) is 27.7 Å². The van der Waals surface area contributed by atoms with Crippen LogP contribution in [0.3, 0.4) is 0 Å². The van der Waals surface area contributed by atoms with Gasteiger partial charge in [0.25, 0.3) is 0 Å². The van der Waals surface area contributed by atoms with Crippen molar-refractivity contribution in [2.45, 2.75) is 24.8 Å². The molecule has 1 aromatic carbocycles. The van der Waals surface area contributed by atoms with Crippen LogP contribution < -0.4 is 9.47 Å². The summed E-state index contributed by atoms with van der Waals surface area (Å²) in [5.74, 6) is 1.87. The molecule has 1 aliphatic heterocycles. The Labute approximate surface area is 107 Å². The fourth-order valence-electron chi connectivity index (χ4n) is 1.94. The number of benzene rings is 1. The summed E-state index contributed by atoms with van der Waals surface area (Å²) in [5.41, 5.74) is 0.948. The van der Waals surface area contributed by atoms with E-state index in [2.05, 4.69) is 0 Å². The van der Waals surface area contributed by atoms with Gasteiger partial charge in [0.1, 0.15) is 6.61 Å². The van der Waals surface area contributed by atoms with E-state index in [9.17, 15) is 0 Å². The molecule has 0 spiro atoms. The molecule has 0 amide bonds. The van der Waals surface area contributed by atoms with Gasteiger partial charge in [0, 0.05) is 12.2 Å². The van der Waals surface area contributed by atoms with Gasteiger partial charge in [-0.05, 0) is 18.9 Å². The number of hydrogen-bond acceptors (Lipinski definition) is 3. The first-order valence-electron chi connectivity index (χ1n) is 5.81. The van der Waals surface area contributed by atoms with Gasteiger partial charge in [0.2, 0.25) is 0 Å². The van der Waals surface area contributed by atoms with E-state index in [-0.39, 0.29) is 6.10 Å². The number of ether oxygens (including phenoxy) is 3. The Kier molecular flexibility index (Phi) is 4.51. The first kappa shape index (κ1) is 12.5. The molecule has 94 valence electrons. The largest absolute Gasteiger partial charge is 0.493 e. The number of methoxy groups -OCH3 is 1. The molecule has 0 aromatic heterocycles. The maximum absolute atomic E-state index is 5.89. The average molecular weight is 257 g/mol. The van der Waals surface area contributed by atoms with Crippen molar-refractivity contribution in [3.8, 4) is 11.5 Å². The maximum atomic E-state index is 5.89. The lowest BCUT2D eigenvalue weighted by Gasteiger charge is -2.16. The summed E-state index contributed by atoms with van der Waals surface area (Å²) in [6.45, 7) is 1.40. The molecule has 1 saturated heterocycles. The van der Waals surface area contributed by atoms with Crippen LogP contribution in [0.4, 0.5) is 0 Å². The molecule has 4 heteroatoms. The third kappa shape index (κ3) is 3.05. The fourth-order valence-corrected chi connectivity index (χ4v) is 2.15. The summed E-state index contributed by atoms with van der Waals surface area (Å²) in [4.78, 5) is 0. The molecule has 3 nitrogen and oxygen atoms in total. The molecule has 17 heavy (non-hydrogen) atoms. The van der Waals surface area contributed by atoms with Gasteiger partial charge in [-0.2, -0.15) is 0 Å². The number of alkyl halides is 1. The van der Waals surface area contributed by atoms with Gasteiger partial charge in [0.05, 0.1) is 19.1 Å². The lowest BCUT2D eigenvalue weighted by Crippen LogP contribution is -2.17. The van der Waals surface area contributed by atoms with Crippen LogP contribution >= 0.6 is 11.6 Å². The molecule has 0 aliphatic carbocycles. The predicted molar refractivity (Wildman–Crippen MR) is 67.0 cm³/mol. The van der Waals surface area contributed by atoms with Gasteiger partial charge in [-0.1, -0.05) is 12.1 Å². The molecule has 1 atom stereocenters. The van der Waals surface area contributed by atoms with Crippen molar-refractivity contribution < 1.29 is 14.2 Å². The summed E-state index contributed by atoms with van der Waals surface area (Å²) in [6.07, 6.45) is 2.37. The number of rotatable bonds is 5. The van der Waals surface area contributed by atoms with Crippen molar-refractivity contribution in [3.05, 3.63) is 23.8 Å². The molecule has 2 rings (SSSR count). The van der Waals surface area contributed by atoms with Crippen LogP contribution in [0, 0.1) is 0 Å². The van der Waals surface area contributed by atoms with Crippen molar-refractivity contribution >= 4 is 11.6 Å². The summed E-state index contributed by atoms with van der Waals surface area (Å²) >= 11 is 5.89. The van der Waals surface area contributed by atoms with Crippen LogP contribution in [-0.4, -0.2) is 26.4 Å². The molecule has 0 radical (unpaired) electrons. The first-order chi connectivity index (χ1) is 8.35. The van der Waals surface area contributed by atoms with Crippen molar-refractivity contribution in [1.29, 1.82) is 0 Å². The van der Waals surface area contributed by atoms with E-state index < -0.39 is 0 Å². The van der Waals surface area contributed by atoms with E-state index in [4.69, 9.17) is 25.8 Å². The molecular formula is C13H17ClO3. The lowest BCUT2D eigenvalue weighted by atomic mass is 10.2. The minimum atomic E-state index is 0.197. The molecule has 1 heterocycles. The van der Waals surface area contributed by atoms with Crippen molar-refractivity contribution in [2.75, 3.05) is 20.3 Å². The second-order valence-corrected chi connectivity index (χ2v) is 4.30. The van der Waals surface area contributed by atoms with Crippen LogP contribution in [0.2, 0.25) is 0 Å². The summed E-state index contributed by atoms with van der Waals surface area (Å²) in [5, 5.41) is 0. The average Bonchev–Trinajstić information content (AvgIpc) is 2.88. The van der Waals surface area contributed by atoms with Gasteiger partial charge >= 0.3 is 0 Å². The predicted octanol–water partition coefficient (Wildman–Crippen LogP) is 2.99. The SMILES string of the molecule is COc1cccc(CCl)c1OCC1CCCO1. The minimum absolute atomic E-state index is 0.197. The van der Waals surface area contributed by atoms with Crippen LogP contribution in [0.1, 0.15) is 18.4 Å². The molecular weight excluding hydrogens is 240 g/mol. The lowest BCUT2D eigenvalue weighted by molar-refractivity contribution is 0.0667. The zero-order valence-corrected chi connectivity index (χ0v) is 10.7. The van der Waals surface area contributed by atoms with E-state index in [1.165, 1.54) is 0 Å². The van der Waals surface area contributed by atoms with E-state index in [1.807, 2.05) is 18.2 Å². The smallest absolute Gasteiger partial charge is 0.165 e. The van der Waals surface area contributed by atoms with Crippen molar-refractivity contribution in [2.24, 2.45) is 0 Å². The monoisotopic (exact) mass is 256 g/mol. The highest BCUT2D eigenvalue weighted by Gasteiger charge is 2.18. The van der Waals surface area contributed by atoms with E-state index in [0.29, 0.717) is 12.5 Å². The Bertz CT molecular complexity index is 339. The highest BCUT2D eigenvalue weighted by Crippen LogP contribution is 2.32. The van der Waals surface area contributed by atoms with Crippen LogP contribution in [0.25, 0.3) is 0 Å². The highest BCUT2D eigenvalue weighted by molar-refractivity contribution is 6.17. The van der Waals surface area contributed by atoms with Crippen molar-refractivity contribution in [3.63, 3.8) is 0 Å². The molecule has 0 N–H and O–H groups in total. The zero-order chi connectivity index (χ0) is 12.1. The van der Waals surface area contributed by atoms with Gasteiger partial charge in [-0.25, -0.2) is 0 Å². The normalized spacial score (nSPS) is 19.3. The second kappa shape index (κ2) is 6.12. The Balaban J connectivity index is 2.06. The Morgan fingerprint density at radius 2 is 2.35 bits per heavy atom. The highest BCUT2D eigenvalue weighted by atomic mass is 35.5. The Hall–Kier alpha value is -0.930. The molecule has 1 aliphatic rings. The number of halogens is 1. The van der Waals surface area contributed by atoms with Gasteiger partial charge in [-0.3, -0.25) is 0 Å². The van der Waals surface area contributed by atoms with Gasteiger partial charge in [0.15, 0.2) is 11.5 Å². The quantitative estimate of drug-likeness (QED) is 0.758. The fraction of sp³-hybridized carbons (Fsp3) is 0.538. The third-order valence-corrected chi connectivity index (χ3v) is 3.15. The molecule has 1 fully saturated rings. The van der Waals surface area contributed by atoms with E-state index >= 15 is 0 Å². The Morgan fingerprint density at radius 3 is 3.00 bits per heavy atom. The minimum Gasteiger partial charge on any atom is -0.493 e. The van der Waals surface area contributed by atoms with Gasteiger partial charge < -0.3 is 14.2 Å². The van der Waals surface area contributed by atoms with Gasteiger partial charge in [-0.15, -0.1) is 11.6 Å². The van der Waals surface area contributed by atoms with E-state index in [1.54, 1.807) is 7.11 Å². The Morgan fingerprint density at radius 1 is 1.47 bits per heavy atom. The molecule has 0 saturated carbocycles. The number of hydrogen-bond donors (Lipinski definition) is 0. The first-order valence-corrected chi connectivity index (χ1v) is 6.35. The summed E-state index contributed by atoms with van der Waals surface area (Å²) in [6, 6.07) is 5.73. The third-order valence-electron chi connectivity index (χ3n) is 2.86. The molecule has 0 bridgehead atoms.